The van der Waals surface area contributed by atoms with Gasteiger partial charge in [-0.15, -0.1) is 0 Å². The summed E-state index contributed by atoms with van der Waals surface area (Å²) >= 11 is -3.53. The Kier molecular flexibility index (Phi) is 25.9. The van der Waals surface area contributed by atoms with Gasteiger partial charge >= 0.3 is 272 Å². The van der Waals surface area contributed by atoms with Crippen molar-refractivity contribution in [2.75, 3.05) is 6.61 Å². The van der Waals surface area contributed by atoms with E-state index in [2.05, 4.69) is 170 Å². The Labute approximate surface area is 291 Å². The van der Waals surface area contributed by atoms with Crippen LogP contribution in [0.3, 0.4) is 0 Å². The number of ether oxygens (including phenoxy) is 1. The van der Waals surface area contributed by atoms with Gasteiger partial charge in [-0.1, -0.05) is 0 Å². The minimum atomic E-state index is -3.53. The average Bonchev–Trinajstić information content (AvgIpc) is 3.74. The Morgan fingerprint density at radius 3 is 1.07 bits per heavy atom. The predicted molar refractivity (Wildman–Crippen MR) is 180 cm³/mol. The van der Waals surface area contributed by atoms with Crippen LogP contribution in [0.15, 0.2) is 99.8 Å². The van der Waals surface area contributed by atoms with E-state index in [4.69, 9.17) is 28.0 Å². The first-order valence-corrected chi connectivity index (χ1v) is 27.8. The number of rotatable bonds is 9. The molecule has 3 aromatic carbocycles. The molecule has 11 heteroatoms. The Balaban J connectivity index is -0.00000146. The van der Waals surface area contributed by atoms with Crippen molar-refractivity contribution in [1.82, 2.24) is 0 Å². The molecule has 0 fully saturated rings. The summed E-state index contributed by atoms with van der Waals surface area (Å²) in [5.74, 6) is 0. The summed E-state index contributed by atoms with van der Waals surface area (Å²) in [7, 11) is -3.18. The maximum Gasteiger partial charge on any atom is 0 e. The van der Waals surface area contributed by atoms with Gasteiger partial charge in [0.15, 0.2) is 0 Å². The van der Waals surface area contributed by atoms with Gasteiger partial charge in [0.25, 0.3) is 0 Å². The van der Waals surface area contributed by atoms with Crippen LogP contribution in [0.25, 0.3) is 0 Å². The third kappa shape index (κ3) is 12.1. The van der Waals surface area contributed by atoms with Crippen molar-refractivity contribution in [3.8, 4) is 0 Å². The minimum Gasteiger partial charge on any atom is 0 e. The van der Waals surface area contributed by atoms with Gasteiger partial charge in [0.1, 0.15) is 0 Å². The smallest absolute Gasteiger partial charge is 0 e. The van der Waals surface area contributed by atoms with Crippen LogP contribution in [0.5, 0.6) is 0 Å². The molecule has 3 aromatic rings. The van der Waals surface area contributed by atoms with Gasteiger partial charge in [0, 0.05) is 21.1 Å². The molecule has 0 saturated heterocycles. The molecular formula is C34H39O6PSi2SnW. The maximum atomic E-state index is 7.50. The SMILES string of the molecule is CCOC1=[C]([Sn]([c]2ccccc2)([c]2ccccc2)[c]2ccccc2)P1C([Si](C)(C)C)[Si](C)(C)C.[C-]#[O+].[C-]#[O+].[C-]#[O+].[C-]#[O+].[C-]#[O+].[W]. The van der Waals surface area contributed by atoms with E-state index in [1.165, 1.54) is 5.50 Å². The molecule has 1 aliphatic rings. The predicted octanol–water partition coefficient (Wildman–Crippen LogP) is 6.33. The van der Waals surface area contributed by atoms with Crippen LogP contribution in [0.4, 0.5) is 0 Å². The standard InChI is InChI=1S/C11H24OPSi2.3C6H5.5CO.Sn.W/c1-8-12-10-9-13(10)11(14(2,3)4)15(5,6)7;3*1-2-4-6-5-3-1;5*1-2;;/h11H,8H2,1-7H3;3*1-5H;;;;;;;. The van der Waals surface area contributed by atoms with E-state index in [0.717, 1.165) is 11.5 Å². The van der Waals surface area contributed by atoms with Crippen LogP contribution in [0.2, 0.25) is 39.3 Å². The second-order valence-electron chi connectivity index (χ2n) is 11.4. The van der Waals surface area contributed by atoms with Gasteiger partial charge in [-0.05, 0) is 0 Å². The quantitative estimate of drug-likeness (QED) is 0.106. The Morgan fingerprint density at radius 1 is 0.578 bits per heavy atom. The van der Waals surface area contributed by atoms with Gasteiger partial charge in [-0.2, -0.15) is 0 Å². The van der Waals surface area contributed by atoms with E-state index in [-0.39, 0.29) is 29.0 Å². The second-order valence-corrected chi connectivity index (χ2v) is 37.6. The van der Waals surface area contributed by atoms with Crippen LogP contribution in [-0.4, -0.2) is 46.0 Å². The van der Waals surface area contributed by atoms with Crippen LogP contribution < -0.4 is 10.7 Å². The minimum absolute atomic E-state index is 0. The summed E-state index contributed by atoms with van der Waals surface area (Å²) in [6, 6.07) is 34.4. The molecule has 0 bridgehead atoms. The van der Waals surface area contributed by atoms with Crippen molar-refractivity contribution < 1.29 is 49.1 Å². The zero-order valence-electron chi connectivity index (χ0n) is 26.7. The molecule has 1 atom stereocenters. The Bertz CT molecular complexity index is 1240. The molecule has 0 aromatic heterocycles. The Morgan fingerprint density at radius 2 is 0.844 bits per heavy atom. The molecule has 0 spiro atoms. The topological polar surface area (TPSA) is 109 Å². The molecule has 234 valence electrons. The molecular weight excluding hydrogens is 894 g/mol. The summed E-state index contributed by atoms with van der Waals surface area (Å²) < 4.78 is 50.5. The summed E-state index contributed by atoms with van der Waals surface area (Å²) in [6.45, 7) is 41.0. The van der Waals surface area contributed by atoms with Crippen molar-refractivity contribution in [2.24, 2.45) is 0 Å². The van der Waals surface area contributed by atoms with Gasteiger partial charge in [-0.25, -0.2) is 0 Å². The van der Waals surface area contributed by atoms with E-state index in [1.807, 2.05) is 0 Å². The van der Waals surface area contributed by atoms with E-state index in [9.17, 15) is 0 Å². The molecule has 1 aliphatic heterocycles. The normalized spacial score (nSPS) is 12.8. The van der Waals surface area contributed by atoms with Crippen LogP contribution >= 0.6 is 7.92 Å². The first-order chi connectivity index (χ1) is 21.1. The molecule has 1 unspecified atom stereocenters. The first-order valence-electron chi connectivity index (χ1n) is 13.5. The first kappa shape index (κ1) is 47.7. The molecule has 0 radical (unpaired) electrons. The zero-order valence-corrected chi connectivity index (χ0v) is 35.4. The summed E-state index contributed by atoms with van der Waals surface area (Å²) in [5.41, 5.74) is 1.42. The number of hydrogen-bond acceptors (Lipinski definition) is 1. The number of benzene rings is 3. The molecule has 4 rings (SSSR count). The van der Waals surface area contributed by atoms with Gasteiger partial charge in [0.05, 0.1) is 0 Å². The largest absolute Gasteiger partial charge is 0 e. The average molecular weight is 933 g/mol. The van der Waals surface area contributed by atoms with Crippen LogP contribution in [0, 0.1) is 33.3 Å². The van der Waals surface area contributed by atoms with Crippen molar-refractivity contribution >= 4 is 53.2 Å². The van der Waals surface area contributed by atoms with Crippen LogP contribution in [0.1, 0.15) is 6.92 Å². The molecule has 0 aliphatic carbocycles. The monoisotopic (exact) mass is 934 g/mol. The molecule has 0 amide bonds. The summed E-state index contributed by atoms with van der Waals surface area (Å²) in [6.07, 6.45) is 0. The van der Waals surface area contributed by atoms with E-state index >= 15 is 0 Å². The fourth-order valence-electron chi connectivity index (χ4n) is 6.07. The number of hydrogen-bond donors (Lipinski definition) is 0. The molecule has 1 heterocycles. The third-order valence-corrected chi connectivity index (χ3v) is 41.1. The van der Waals surface area contributed by atoms with Gasteiger partial charge < -0.3 is 0 Å². The fourth-order valence-corrected chi connectivity index (χ4v) is 49.6. The van der Waals surface area contributed by atoms with Crippen molar-refractivity contribution in [2.45, 2.75) is 51.1 Å². The van der Waals surface area contributed by atoms with Crippen LogP contribution in [-0.2, 0) is 49.1 Å². The maximum absolute atomic E-state index is 7.50. The Hall–Kier alpha value is -1.75. The van der Waals surface area contributed by atoms with Crippen molar-refractivity contribution in [3.05, 3.63) is 133 Å². The van der Waals surface area contributed by atoms with Gasteiger partial charge in [-0.3, -0.25) is 0 Å². The second kappa shape index (κ2) is 24.4. The fraction of sp³-hybridized carbons (Fsp3) is 0.265. The van der Waals surface area contributed by atoms with Crippen molar-refractivity contribution in [1.29, 1.82) is 0 Å². The molecule has 0 saturated carbocycles. The zero-order chi connectivity index (χ0) is 34.6. The molecule has 0 N–H and O–H groups in total. The molecule has 45 heavy (non-hydrogen) atoms. The van der Waals surface area contributed by atoms with E-state index in [1.54, 1.807) is 14.1 Å². The van der Waals surface area contributed by atoms with Crippen molar-refractivity contribution in [3.63, 3.8) is 0 Å². The van der Waals surface area contributed by atoms with E-state index < -0.39 is 34.5 Å². The van der Waals surface area contributed by atoms with E-state index in [0.29, 0.717) is 0 Å². The summed E-state index contributed by atoms with van der Waals surface area (Å²) in [5, 5.41) is 0. The summed E-state index contributed by atoms with van der Waals surface area (Å²) in [4.78, 5) is 0.832. The molecule has 6 nitrogen and oxygen atoms in total. The van der Waals surface area contributed by atoms with Gasteiger partial charge in [0.2, 0.25) is 0 Å². The third-order valence-electron chi connectivity index (χ3n) is 6.77.